The average Bonchev–Trinajstić information content (AvgIpc) is 3.45. The highest BCUT2D eigenvalue weighted by atomic mass is 16.6. The first kappa shape index (κ1) is 29.0. The van der Waals surface area contributed by atoms with Crippen LogP contribution in [-0.4, -0.2) is 69.8 Å². The van der Waals surface area contributed by atoms with E-state index in [4.69, 9.17) is 20.9 Å². The molecule has 0 unspecified atom stereocenters. The third-order valence-electron chi connectivity index (χ3n) is 5.90. The molecule has 2 aromatic rings. The van der Waals surface area contributed by atoms with E-state index in [1.54, 1.807) is 36.4 Å². The Kier molecular flexibility index (Phi) is 10.2. The van der Waals surface area contributed by atoms with Gasteiger partial charge in [-0.1, -0.05) is 26.3 Å². The van der Waals surface area contributed by atoms with Crippen LogP contribution in [0.5, 0.6) is 0 Å². The molecule has 36 heavy (non-hydrogen) atoms. The Hall–Kier alpha value is -3.25. The second kappa shape index (κ2) is 12.6. The third kappa shape index (κ3) is 7.62. The summed E-state index contributed by atoms with van der Waals surface area (Å²) in [6.45, 7) is 3.65. The van der Waals surface area contributed by atoms with Gasteiger partial charge in [-0.3, -0.25) is 14.0 Å². The third-order valence-corrected chi connectivity index (χ3v) is 5.90. The van der Waals surface area contributed by atoms with Crippen LogP contribution >= 0.6 is 0 Å². The van der Waals surface area contributed by atoms with Gasteiger partial charge in [0.25, 0.3) is 0 Å². The summed E-state index contributed by atoms with van der Waals surface area (Å²) in [5.74, 6) is -0.0617. The fraction of sp³-hybridized carbons (Fsp3) is 0.625. The van der Waals surface area contributed by atoms with E-state index < -0.39 is 23.6 Å². The molecule has 1 aliphatic carbocycles. The largest absolute Gasteiger partial charge is 0.443 e. The van der Waals surface area contributed by atoms with Gasteiger partial charge < -0.3 is 31.2 Å². The second-order valence-electron chi connectivity index (χ2n) is 9.58. The summed E-state index contributed by atoms with van der Waals surface area (Å²) in [6.07, 6.45) is 3.99. The molecule has 0 aromatic carbocycles. The van der Waals surface area contributed by atoms with Gasteiger partial charge in [-0.15, -0.1) is 10.2 Å². The molecule has 200 valence electrons. The van der Waals surface area contributed by atoms with Crippen LogP contribution in [0, 0.1) is 5.92 Å². The number of amides is 3. The van der Waals surface area contributed by atoms with Crippen molar-refractivity contribution < 1.29 is 23.9 Å². The molecule has 1 atom stereocenters. The standard InChI is InChI=1S/C23H35N7O5.CH4/c1-23(2,25)21(32)26-17(14-34-12-15-7-4-5-8-15)20-28-27-19-10-6-9-16(30(19)20)13-35-22(33)29(3)11-18(24)31;/h6,9-10,15,17H,4-5,7-8,11-14,25H2,1-3H3,(H2,24,31)(H,26,32);1H4/t17-;/m1./s1. The zero-order chi connectivity index (χ0) is 25.6. The maximum atomic E-state index is 12.7. The molecule has 0 radical (unpaired) electrons. The number of nitrogens with one attached hydrogen (secondary N) is 1. The van der Waals surface area contributed by atoms with E-state index in [-0.39, 0.29) is 33.1 Å². The molecule has 0 bridgehead atoms. The Balaban J connectivity index is 0.00000456. The molecule has 1 aliphatic rings. The minimum Gasteiger partial charge on any atom is -0.443 e. The van der Waals surface area contributed by atoms with Crippen LogP contribution in [0.25, 0.3) is 5.65 Å². The molecule has 12 nitrogen and oxygen atoms in total. The van der Waals surface area contributed by atoms with Gasteiger partial charge in [0.2, 0.25) is 11.8 Å². The van der Waals surface area contributed by atoms with E-state index in [2.05, 4.69) is 15.5 Å². The molecule has 1 saturated carbocycles. The first-order valence-corrected chi connectivity index (χ1v) is 11.7. The normalized spacial score (nSPS) is 14.8. The van der Waals surface area contributed by atoms with Crippen LogP contribution in [-0.2, 0) is 25.7 Å². The number of ether oxygens (including phenoxy) is 2. The maximum Gasteiger partial charge on any atom is 0.410 e. The number of hydrogen-bond acceptors (Lipinski definition) is 8. The Morgan fingerprint density at radius 1 is 1.25 bits per heavy atom. The number of likely N-dealkylation sites (N-methyl/N-ethyl adjacent to an activating group) is 1. The predicted molar refractivity (Wildman–Crippen MR) is 134 cm³/mol. The summed E-state index contributed by atoms with van der Waals surface area (Å²) in [5, 5.41) is 11.5. The Morgan fingerprint density at radius 3 is 2.58 bits per heavy atom. The number of nitrogens with zero attached hydrogens (tertiary/aromatic N) is 4. The minimum atomic E-state index is -1.10. The van der Waals surface area contributed by atoms with Gasteiger partial charge in [0.1, 0.15) is 19.2 Å². The van der Waals surface area contributed by atoms with Crippen LogP contribution in [0.1, 0.15) is 64.5 Å². The molecule has 3 rings (SSSR count). The van der Waals surface area contributed by atoms with Crippen molar-refractivity contribution in [1.82, 2.24) is 24.8 Å². The Labute approximate surface area is 211 Å². The van der Waals surface area contributed by atoms with E-state index in [1.807, 2.05) is 0 Å². The minimum absolute atomic E-state index is 0. The molecule has 2 aromatic heterocycles. The van der Waals surface area contributed by atoms with Gasteiger partial charge >= 0.3 is 6.09 Å². The highest BCUT2D eigenvalue weighted by Crippen LogP contribution is 2.25. The topological polar surface area (TPSA) is 167 Å². The van der Waals surface area contributed by atoms with Crippen LogP contribution in [0.15, 0.2) is 18.2 Å². The molecule has 1 fully saturated rings. The van der Waals surface area contributed by atoms with Crippen molar-refractivity contribution >= 4 is 23.6 Å². The number of pyridine rings is 1. The summed E-state index contributed by atoms with van der Waals surface area (Å²) < 4.78 is 13.1. The van der Waals surface area contributed by atoms with Crippen LogP contribution in [0.4, 0.5) is 4.79 Å². The number of carbonyl (C=O) groups excluding carboxylic acids is 3. The van der Waals surface area contributed by atoms with Crippen molar-refractivity contribution in [1.29, 1.82) is 0 Å². The first-order chi connectivity index (χ1) is 16.6. The van der Waals surface area contributed by atoms with Crippen LogP contribution < -0.4 is 16.8 Å². The van der Waals surface area contributed by atoms with Crippen LogP contribution in [0.3, 0.4) is 0 Å². The quantitative estimate of drug-likeness (QED) is 0.413. The highest BCUT2D eigenvalue weighted by Gasteiger charge is 2.29. The fourth-order valence-electron chi connectivity index (χ4n) is 3.97. The maximum absolute atomic E-state index is 12.7. The summed E-state index contributed by atoms with van der Waals surface area (Å²) in [5.41, 5.74) is 11.1. The summed E-state index contributed by atoms with van der Waals surface area (Å²) in [6, 6.07) is 4.65. The summed E-state index contributed by atoms with van der Waals surface area (Å²) in [4.78, 5) is 37.1. The van der Waals surface area contributed by atoms with E-state index in [9.17, 15) is 14.4 Å². The van der Waals surface area contributed by atoms with E-state index in [0.717, 1.165) is 17.7 Å². The van der Waals surface area contributed by atoms with Crippen LogP contribution in [0.2, 0.25) is 0 Å². The average molecular weight is 506 g/mol. The number of fused-ring (bicyclic) bond motifs is 1. The molecule has 3 amide bonds. The molecule has 0 spiro atoms. The van der Waals surface area contributed by atoms with Gasteiger partial charge in [0, 0.05) is 13.7 Å². The number of nitrogens with two attached hydrogens (primary N) is 2. The number of aromatic nitrogens is 3. The van der Waals surface area contributed by atoms with Gasteiger partial charge in [-0.05, 0) is 44.7 Å². The lowest BCUT2D eigenvalue weighted by Crippen LogP contribution is -2.51. The van der Waals surface area contributed by atoms with Crippen molar-refractivity contribution in [3.05, 3.63) is 29.7 Å². The Morgan fingerprint density at radius 2 is 1.94 bits per heavy atom. The summed E-state index contributed by atoms with van der Waals surface area (Å²) in [7, 11) is 1.42. The fourth-order valence-corrected chi connectivity index (χ4v) is 3.97. The van der Waals surface area contributed by atoms with Gasteiger partial charge in [0.05, 0.1) is 17.8 Å². The van der Waals surface area contributed by atoms with Gasteiger partial charge in [-0.2, -0.15) is 0 Å². The molecule has 2 heterocycles. The molecule has 12 heteroatoms. The highest BCUT2D eigenvalue weighted by molar-refractivity contribution is 5.85. The van der Waals surface area contributed by atoms with Crippen molar-refractivity contribution in [3.63, 3.8) is 0 Å². The Bertz CT molecular complexity index is 1040. The second-order valence-corrected chi connectivity index (χ2v) is 9.58. The van der Waals surface area contributed by atoms with E-state index in [0.29, 0.717) is 29.7 Å². The van der Waals surface area contributed by atoms with Crippen molar-refractivity contribution in [2.45, 2.75) is 65.1 Å². The van der Waals surface area contributed by atoms with Crippen molar-refractivity contribution in [3.8, 4) is 0 Å². The number of carbonyl (C=O) groups is 3. The lowest BCUT2D eigenvalue weighted by atomic mass is 10.1. The smallest absolute Gasteiger partial charge is 0.410 e. The number of rotatable bonds is 11. The zero-order valence-electron chi connectivity index (χ0n) is 20.5. The molecular weight excluding hydrogens is 466 g/mol. The molecular formula is C24H39N7O5. The lowest BCUT2D eigenvalue weighted by molar-refractivity contribution is -0.126. The monoisotopic (exact) mass is 505 g/mol. The molecule has 0 aliphatic heterocycles. The molecule has 0 saturated heterocycles. The summed E-state index contributed by atoms with van der Waals surface area (Å²) >= 11 is 0. The van der Waals surface area contributed by atoms with E-state index >= 15 is 0 Å². The van der Waals surface area contributed by atoms with Gasteiger partial charge in [0.15, 0.2) is 11.5 Å². The van der Waals surface area contributed by atoms with Crippen molar-refractivity contribution in [2.24, 2.45) is 17.4 Å². The number of hydrogen-bond donors (Lipinski definition) is 3. The zero-order valence-corrected chi connectivity index (χ0v) is 20.5. The van der Waals surface area contributed by atoms with Gasteiger partial charge in [-0.25, -0.2) is 4.79 Å². The first-order valence-electron chi connectivity index (χ1n) is 11.7. The predicted octanol–water partition coefficient (Wildman–Crippen LogP) is 1.52. The van der Waals surface area contributed by atoms with Crippen molar-refractivity contribution in [2.75, 3.05) is 26.8 Å². The van der Waals surface area contributed by atoms with E-state index in [1.165, 1.54) is 19.9 Å². The molecule has 5 N–H and O–H groups in total. The SMILES string of the molecule is C.CN(CC(N)=O)C(=O)OCc1cccc2nnc([C@@H](COCC3CCCC3)NC(=O)C(C)(C)N)n12. The lowest BCUT2D eigenvalue weighted by Gasteiger charge is -2.24. The number of primary amides is 1.